The van der Waals surface area contributed by atoms with Crippen molar-refractivity contribution in [1.29, 1.82) is 0 Å². The Morgan fingerprint density at radius 3 is 2.56 bits per heavy atom. The summed E-state index contributed by atoms with van der Waals surface area (Å²) >= 11 is 0. The third-order valence-corrected chi connectivity index (χ3v) is 4.98. The lowest BCUT2D eigenvalue weighted by Gasteiger charge is -2.13. The van der Waals surface area contributed by atoms with E-state index < -0.39 is 0 Å². The molecule has 0 radical (unpaired) electrons. The fourth-order valence-corrected chi connectivity index (χ4v) is 3.44. The Kier molecular flexibility index (Phi) is 6.51. The first-order valence-electron chi connectivity index (χ1n) is 10.5. The molecule has 0 fully saturated rings. The van der Waals surface area contributed by atoms with Gasteiger partial charge in [-0.2, -0.15) is 0 Å². The average Bonchev–Trinajstić information content (AvgIpc) is 3.13. The van der Waals surface area contributed by atoms with Gasteiger partial charge in [0.15, 0.2) is 18.1 Å². The van der Waals surface area contributed by atoms with Gasteiger partial charge in [-0.15, -0.1) is 0 Å². The van der Waals surface area contributed by atoms with Gasteiger partial charge >= 0.3 is 0 Å². The highest BCUT2D eigenvalue weighted by Gasteiger charge is 2.23. The van der Waals surface area contributed by atoms with Gasteiger partial charge in [-0.05, 0) is 42.3 Å². The molecule has 1 aliphatic heterocycles. The number of fused-ring (bicyclic) bond motifs is 1. The van der Waals surface area contributed by atoms with E-state index >= 15 is 0 Å². The summed E-state index contributed by atoms with van der Waals surface area (Å²) in [4.78, 5) is 24.6. The molecule has 0 saturated heterocycles. The summed E-state index contributed by atoms with van der Waals surface area (Å²) in [7, 11) is 0. The molecular formula is C26H24N2O4. The second-order valence-corrected chi connectivity index (χ2v) is 7.25. The largest absolute Gasteiger partial charge is 0.490 e. The van der Waals surface area contributed by atoms with Crippen molar-refractivity contribution >= 4 is 29.2 Å². The first-order chi connectivity index (χ1) is 15.6. The minimum absolute atomic E-state index is 0.122. The lowest BCUT2D eigenvalue weighted by atomic mass is 10.0. The van der Waals surface area contributed by atoms with Crippen LogP contribution in [0.2, 0.25) is 0 Å². The van der Waals surface area contributed by atoms with E-state index in [2.05, 4.69) is 10.6 Å². The topological polar surface area (TPSA) is 76.7 Å². The summed E-state index contributed by atoms with van der Waals surface area (Å²) in [6.45, 7) is 2.64. The van der Waals surface area contributed by atoms with E-state index in [1.54, 1.807) is 6.07 Å². The van der Waals surface area contributed by atoms with Crippen molar-refractivity contribution in [3.05, 3.63) is 89.5 Å². The predicted octanol–water partition coefficient (Wildman–Crippen LogP) is 4.27. The normalized spacial score (nSPS) is 13.4. The van der Waals surface area contributed by atoms with Gasteiger partial charge in [0, 0.05) is 23.4 Å². The molecule has 1 aliphatic rings. The Morgan fingerprint density at radius 1 is 0.969 bits per heavy atom. The number of carbonyl (C=O) groups excluding carboxylic acids is 2. The van der Waals surface area contributed by atoms with E-state index in [1.807, 2.05) is 79.7 Å². The number of ether oxygens (including phenoxy) is 2. The fourth-order valence-electron chi connectivity index (χ4n) is 3.44. The van der Waals surface area contributed by atoms with Crippen LogP contribution in [0.5, 0.6) is 11.5 Å². The van der Waals surface area contributed by atoms with Crippen LogP contribution in [-0.2, 0) is 16.1 Å². The second-order valence-electron chi connectivity index (χ2n) is 7.25. The van der Waals surface area contributed by atoms with E-state index in [1.165, 1.54) is 0 Å². The number of benzene rings is 3. The summed E-state index contributed by atoms with van der Waals surface area (Å²) < 4.78 is 11.4. The third kappa shape index (κ3) is 4.98. The van der Waals surface area contributed by atoms with E-state index in [0.29, 0.717) is 30.2 Å². The molecule has 0 aliphatic carbocycles. The number of anilines is 1. The maximum absolute atomic E-state index is 12.4. The summed E-state index contributed by atoms with van der Waals surface area (Å²) in [5.41, 5.74) is 4.08. The zero-order chi connectivity index (χ0) is 22.3. The number of para-hydroxylation sites is 1. The minimum atomic E-state index is -0.221. The van der Waals surface area contributed by atoms with Crippen molar-refractivity contribution in [1.82, 2.24) is 5.32 Å². The number of amides is 2. The van der Waals surface area contributed by atoms with Crippen molar-refractivity contribution in [2.24, 2.45) is 0 Å². The number of hydrogen-bond donors (Lipinski definition) is 2. The molecular weight excluding hydrogens is 404 g/mol. The highest BCUT2D eigenvalue weighted by atomic mass is 16.5. The van der Waals surface area contributed by atoms with Gasteiger partial charge in [0.25, 0.3) is 11.8 Å². The molecule has 2 amide bonds. The van der Waals surface area contributed by atoms with Crippen molar-refractivity contribution in [3.63, 3.8) is 0 Å². The smallest absolute Gasteiger partial charge is 0.258 e. The fraction of sp³-hybridized carbons (Fsp3) is 0.154. The van der Waals surface area contributed by atoms with Crippen LogP contribution in [0.15, 0.2) is 72.8 Å². The minimum Gasteiger partial charge on any atom is -0.490 e. The van der Waals surface area contributed by atoms with Gasteiger partial charge in [0.05, 0.1) is 6.61 Å². The molecule has 0 unspecified atom stereocenters. The molecule has 0 aromatic heterocycles. The molecule has 2 N–H and O–H groups in total. The molecule has 0 saturated carbocycles. The monoisotopic (exact) mass is 428 g/mol. The lowest BCUT2D eigenvalue weighted by Crippen LogP contribution is -2.28. The Labute approximate surface area is 186 Å². The Morgan fingerprint density at radius 2 is 1.75 bits per heavy atom. The maximum atomic E-state index is 12.4. The molecule has 162 valence electrons. The Balaban J connectivity index is 1.45. The van der Waals surface area contributed by atoms with Crippen LogP contribution in [0, 0.1) is 0 Å². The molecule has 0 bridgehead atoms. The SMILES string of the molecule is CCOc1cc(/C=C2\C(=O)Nc3ccccc32)ccc1OCC(=O)NCc1ccccc1. The molecule has 0 spiro atoms. The first kappa shape index (κ1) is 21.2. The summed E-state index contributed by atoms with van der Waals surface area (Å²) in [5, 5.41) is 5.70. The van der Waals surface area contributed by atoms with E-state index in [-0.39, 0.29) is 18.4 Å². The summed E-state index contributed by atoms with van der Waals surface area (Å²) in [6, 6.07) is 22.6. The molecule has 4 rings (SSSR count). The van der Waals surface area contributed by atoms with Crippen LogP contribution in [0.4, 0.5) is 5.69 Å². The average molecular weight is 428 g/mol. The second kappa shape index (κ2) is 9.83. The van der Waals surface area contributed by atoms with Crippen molar-refractivity contribution in [3.8, 4) is 11.5 Å². The van der Waals surface area contributed by atoms with Gasteiger partial charge in [-0.3, -0.25) is 9.59 Å². The van der Waals surface area contributed by atoms with Gasteiger partial charge in [0.1, 0.15) is 0 Å². The molecule has 3 aromatic rings. The van der Waals surface area contributed by atoms with E-state index in [9.17, 15) is 9.59 Å². The zero-order valence-corrected chi connectivity index (χ0v) is 17.8. The van der Waals surface area contributed by atoms with Crippen LogP contribution >= 0.6 is 0 Å². The van der Waals surface area contributed by atoms with Gasteiger partial charge in [-0.25, -0.2) is 0 Å². The van der Waals surface area contributed by atoms with Crippen molar-refractivity contribution in [2.75, 3.05) is 18.5 Å². The van der Waals surface area contributed by atoms with Crippen molar-refractivity contribution < 1.29 is 19.1 Å². The molecule has 1 heterocycles. The third-order valence-electron chi connectivity index (χ3n) is 4.98. The highest BCUT2D eigenvalue weighted by Crippen LogP contribution is 2.34. The number of hydrogen-bond acceptors (Lipinski definition) is 4. The molecule has 6 heteroatoms. The predicted molar refractivity (Wildman–Crippen MR) is 124 cm³/mol. The van der Waals surface area contributed by atoms with Crippen LogP contribution in [0.1, 0.15) is 23.6 Å². The van der Waals surface area contributed by atoms with Gasteiger partial charge < -0.3 is 20.1 Å². The molecule has 32 heavy (non-hydrogen) atoms. The van der Waals surface area contributed by atoms with Crippen LogP contribution in [0.25, 0.3) is 11.6 Å². The van der Waals surface area contributed by atoms with E-state index in [0.717, 1.165) is 22.4 Å². The van der Waals surface area contributed by atoms with Crippen molar-refractivity contribution in [2.45, 2.75) is 13.5 Å². The number of rotatable bonds is 8. The van der Waals surface area contributed by atoms with Gasteiger partial charge in [0.2, 0.25) is 0 Å². The maximum Gasteiger partial charge on any atom is 0.258 e. The summed E-state index contributed by atoms with van der Waals surface area (Å²) in [5.74, 6) is 0.630. The highest BCUT2D eigenvalue weighted by molar-refractivity contribution is 6.34. The van der Waals surface area contributed by atoms with Crippen LogP contribution in [-0.4, -0.2) is 25.0 Å². The standard InChI is InChI=1S/C26H24N2O4/c1-2-31-24-15-19(14-21-20-10-6-7-11-22(20)28-26(21)30)12-13-23(24)32-17-25(29)27-16-18-8-4-3-5-9-18/h3-15H,2,16-17H2,1H3,(H,27,29)(H,28,30)/b21-14-. The van der Waals surface area contributed by atoms with Crippen LogP contribution < -0.4 is 20.1 Å². The van der Waals surface area contributed by atoms with E-state index in [4.69, 9.17) is 9.47 Å². The quantitative estimate of drug-likeness (QED) is 0.525. The van der Waals surface area contributed by atoms with Crippen LogP contribution in [0.3, 0.4) is 0 Å². The lowest BCUT2D eigenvalue weighted by molar-refractivity contribution is -0.123. The Bertz CT molecular complexity index is 1160. The zero-order valence-electron chi connectivity index (χ0n) is 17.8. The number of nitrogens with one attached hydrogen (secondary N) is 2. The summed E-state index contributed by atoms with van der Waals surface area (Å²) in [6.07, 6.45) is 1.82. The van der Waals surface area contributed by atoms with Gasteiger partial charge in [-0.1, -0.05) is 54.6 Å². The molecule has 0 atom stereocenters. The number of carbonyl (C=O) groups is 2. The molecule has 3 aromatic carbocycles. The molecule has 6 nitrogen and oxygen atoms in total. The Hall–Kier alpha value is -4.06. The first-order valence-corrected chi connectivity index (χ1v) is 10.5.